The fourth-order valence-corrected chi connectivity index (χ4v) is 3.99. The summed E-state index contributed by atoms with van der Waals surface area (Å²) in [7, 11) is 0. The van der Waals surface area contributed by atoms with Gasteiger partial charge in [0.25, 0.3) is 0 Å². The molecule has 2 saturated heterocycles. The Balaban J connectivity index is 1.73. The van der Waals surface area contributed by atoms with Gasteiger partial charge in [-0.15, -0.1) is 0 Å². The van der Waals surface area contributed by atoms with Crippen LogP contribution in [0.15, 0.2) is 24.3 Å². The summed E-state index contributed by atoms with van der Waals surface area (Å²) in [6.45, 7) is 8.30. The Morgan fingerprint density at radius 1 is 1.19 bits per heavy atom. The predicted molar refractivity (Wildman–Crippen MR) is 101 cm³/mol. The smallest absolute Gasteiger partial charge is 0.321 e. The number of likely N-dealkylation sites (tertiary alicyclic amines) is 1. The Kier molecular flexibility index (Phi) is 5.51. The number of ether oxygens (including phenoxy) is 1. The second kappa shape index (κ2) is 7.66. The molecule has 3 rings (SSSR count). The van der Waals surface area contributed by atoms with Gasteiger partial charge in [0.2, 0.25) is 5.91 Å². The quantitative estimate of drug-likeness (QED) is 0.872. The zero-order valence-electron chi connectivity index (χ0n) is 15.9. The van der Waals surface area contributed by atoms with E-state index in [4.69, 9.17) is 4.74 Å². The van der Waals surface area contributed by atoms with Crippen molar-refractivity contribution < 1.29 is 14.3 Å². The van der Waals surface area contributed by atoms with E-state index in [1.807, 2.05) is 45.0 Å². The summed E-state index contributed by atoms with van der Waals surface area (Å²) in [5.74, 6) is -0.134. The first-order valence-corrected chi connectivity index (χ1v) is 9.40. The van der Waals surface area contributed by atoms with Gasteiger partial charge in [-0.3, -0.25) is 4.79 Å². The largest absolute Gasteiger partial charge is 0.381 e. The number of urea groups is 1. The second-order valence-corrected chi connectivity index (χ2v) is 7.87. The molecule has 2 aliphatic heterocycles. The Labute approximate surface area is 155 Å². The fraction of sp³-hybridized carbons (Fsp3) is 0.600. The van der Waals surface area contributed by atoms with E-state index in [1.54, 1.807) is 4.90 Å². The lowest BCUT2D eigenvalue weighted by Crippen LogP contribution is -2.46. The van der Waals surface area contributed by atoms with Gasteiger partial charge in [-0.1, -0.05) is 17.7 Å². The van der Waals surface area contributed by atoms with E-state index in [2.05, 4.69) is 10.6 Å². The van der Waals surface area contributed by atoms with Crippen LogP contribution in [0, 0.1) is 18.3 Å². The van der Waals surface area contributed by atoms with Gasteiger partial charge >= 0.3 is 6.03 Å². The summed E-state index contributed by atoms with van der Waals surface area (Å²) in [4.78, 5) is 27.3. The van der Waals surface area contributed by atoms with Crippen LogP contribution in [0.5, 0.6) is 0 Å². The first-order valence-electron chi connectivity index (χ1n) is 9.40. The van der Waals surface area contributed by atoms with E-state index in [1.165, 1.54) is 0 Å². The van der Waals surface area contributed by atoms with Crippen LogP contribution in [0.3, 0.4) is 0 Å². The molecule has 1 spiro atoms. The number of nitrogens with one attached hydrogen (secondary N) is 2. The van der Waals surface area contributed by atoms with Crippen molar-refractivity contribution in [3.63, 3.8) is 0 Å². The zero-order valence-corrected chi connectivity index (χ0v) is 15.9. The molecular weight excluding hydrogens is 330 g/mol. The summed E-state index contributed by atoms with van der Waals surface area (Å²) >= 11 is 0. The molecule has 2 aliphatic rings. The van der Waals surface area contributed by atoms with Crippen LogP contribution in [0.4, 0.5) is 10.5 Å². The second-order valence-electron chi connectivity index (χ2n) is 7.87. The van der Waals surface area contributed by atoms with Crippen molar-refractivity contribution >= 4 is 17.6 Å². The summed E-state index contributed by atoms with van der Waals surface area (Å²) in [6, 6.07) is 7.69. The number of aryl methyl sites for hydroxylation is 1. The molecule has 2 N–H and O–H groups in total. The molecule has 6 nitrogen and oxygen atoms in total. The van der Waals surface area contributed by atoms with Crippen LogP contribution in [0.25, 0.3) is 0 Å². The van der Waals surface area contributed by atoms with Crippen molar-refractivity contribution in [2.75, 3.05) is 31.6 Å². The maximum Gasteiger partial charge on any atom is 0.321 e. The molecule has 0 bridgehead atoms. The first-order chi connectivity index (χ1) is 12.4. The molecule has 1 atom stereocenters. The van der Waals surface area contributed by atoms with Crippen molar-refractivity contribution in [1.29, 1.82) is 0 Å². The average molecular weight is 359 g/mol. The van der Waals surface area contributed by atoms with E-state index < -0.39 is 0 Å². The number of anilines is 1. The minimum Gasteiger partial charge on any atom is -0.381 e. The van der Waals surface area contributed by atoms with E-state index in [9.17, 15) is 9.59 Å². The van der Waals surface area contributed by atoms with E-state index >= 15 is 0 Å². The van der Waals surface area contributed by atoms with Gasteiger partial charge in [0.15, 0.2) is 0 Å². The minimum atomic E-state index is -0.183. The number of hydrogen-bond donors (Lipinski definition) is 2. The number of hydrogen-bond acceptors (Lipinski definition) is 3. The predicted octanol–water partition coefficient (Wildman–Crippen LogP) is 2.78. The van der Waals surface area contributed by atoms with Crippen LogP contribution in [-0.2, 0) is 9.53 Å². The number of amides is 3. The molecule has 2 fully saturated rings. The van der Waals surface area contributed by atoms with Crippen LogP contribution in [0.1, 0.15) is 32.3 Å². The SMILES string of the molecule is Cc1ccc(NC(=O)N2C[C@H](C(=O)NC(C)C)C3(CCOCC3)C2)cc1. The van der Waals surface area contributed by atoms with Gasteiger partial charge in [-0.25, -0.2) is 4.79 Å². The van der Waals surface area contributed by atoms with Crippen molar-refractivity contribution in [1.82, 2.24) is 10.2 Å². The topological polar surface area (TPSA) is 70.7 Å². The van der Waals surface area contributed by atoms with E-state index in [-0.39, 0.29) is 29.3 Å². The Bertz CT molecular complexity index is 651. The lowest BCUT2D eigenvalue weighted by molar-refractivity contribution is -0.130. The summed E-state index contributed by atoms with van der Waals surface area (Å²) in [5, 5.41) is 5.99. The monoisotopic (exact) mass is 359 g/mol. The van der Waals surface area contributed by atoms with Gasteiger partial charge in [0, 0.05) is 43.4 Å². The third-order valence-electron chi connectivity index (χ3n) is 5.47. The molecule has 142 valence electrons. The average Bonchev–Trinajstić information content (AvgIpc) is 2.96. The molecule has 6 heteroatoms. The van der Waals surface area contributed by atoms with Crippen LogP contribution in [-0.4, -0.2) is 49.2 Å². The third kappa shape index (κ3) is 4.01. The van der Waals surface area contributed by atoms with Crippen LogP contribution >= 0.6 is 0 Å². The highest BCUT2D eigenvalue weighted by Crippen LogP contribution is 2.44. The van der Waals surface area contributed by atoms with Crippen molar-refractivity contribution in [2.24, 2.45) is 11.3 Å². The number of carbonyl (C=O) groups is 2. The van der Waals surface area contributed by atoms with Gasteiger partial charge < -0.3 is 20.3 Å². The van der Waals surface area contributed by atoms with Gasteiger partial charge in [-0.05, 0) is 45.7 Å². The third-order valence-corrected chi connectivity index (χ3v) is 5.47. The number of nitrogens with zero attached hydrogens (tertiary/aromatic N) is 1. The maximum absolute atomic E-state index is 12.8. The summed E-state index contributed by atoms with van der Waals surface area (Å²) in [6.07, 6.45) is 1.63. The van der Waals surface area contributed by atoms with Crippen LogP contribution in [0.2, 0.25) is 0 Å². The minimum absolute atomic E-state index is 0.0486. The first kappa shape index (κ1) is 18.7. The fourth-order valence-electron chi connectivity index (χ4n) is 3.99. The zero-order chi connectivity index (χ0) is 18.7. The van der Waals surface area contributed by atoms with Gasteiger partial charge in [0.05, 0.1) is 5.92 Å². The highest BCUT2D eigenvalue weighted by molar-refractivity contribution is 5.90. The van der Waals surface area contributed by atoms with E-state index in [0.29, 0.717) is 26.3 Å². The van der Waals surface area contributed by atoms with Crippen molar-refractivity contribution in [3.05, 3.63) is 29.8 Å². The normalized spacial score (nSPS) is 21.8. The molecule has 2 heterocycles. The standard InChI is InChI=1S/C20H29N3O3/c1-14(2)21-18(24)17-12-23(13-20(17)8-10-26-11-9-20)19(25)22-16-6-4-15(3)5-7-16/h4-7,14,17H,8-13H2,1-3H3,(H,21,24)(H,22,25)/t17-/m1/s1. The number of rotatable bonds is 3. The van der Waals surface area contributed by atoms with Gasteiger partial charge in [0.1, 0.15) is 0 Å². The molecule has 0 aliphatic carbocycles. The molecule has 0 unspecified atom stereocenters. The number of carbonyl (C=O) groups excluding carboxylic acids is 2. The van der Waals surface area contributed by atoms with E-state index in [0.717, 1.165) is 24.1 Å². The Morgan fingerprint density at radius 2 is 1.85 bits per heavy atom. The Morgan fingerprint density at radius 3 is 2.46 bits per heavy atom. The molecule has 3 amide bonds. The lowest BCUT2D eigenvalue weighted by Gasteiger charge is -2.37. The Hall–Kier alpha value is -2.08. The van der Waals surface area contributed by atoms with Crippen LogP contribution < -0.4 is 10.6 Å². The molecule has 0 saturated carbocycles. The maximum atomic E-state index is 12.8. The lowest BCUT2D eigenvalue weighted by atomic mass is 9.71. The summed E-state index contributed by atoms with van der Waals surface area (Å²) < 4.78 is 5.52. The number of benzene rings is 1. The molecular formula is C20H29N3O3. The molecule has 26 heavy (non-hydrogen) atoms. The van der Waals surface area contributed by atoms with Gasteiger partial charge in [-0.2, -0.15) is 0 Å². The highest BCUT2D eigenvalue weighted by Gasteiger charge is 2.51. The van der Waals surface area contributed by atoms with Crippen molar-refractivity contribution in [2.45, 2.75) is 39.7 Å². The highest BCUT2D eigenvalue weighted by atomic mass is 16.5. The summed E-state index contributed by atoms with van der Waals surface area (Å²) in [5.41, 5.74) is 1.74. The molecule has 0 radical (unpaired) electrons. The molecule has 1 aromatic carbocycles. The van der Waals surface area contributed by atoms with Crippen molar-refractivity contribution in [3.8, 4) is 0 Å². The molecule has 0 aromatic heterocycles. The molecule has 1 aromatic rings.